The van der Waals surface area contributed by atoms with E-state index in [2.05, 4.69) is 4.74 Å². The molecule has 0 aliphatic rings. The van der Waals surface area contributed by atoms with Gasteiger partial charge < -0.3 is 4.74 Å². The normalized spacial score (nSPS) is 16.5. The van der Waals surface area contributed by atoms with Crippen LogP contribution in [0.2, 0.25) is 0 Å². The molecule has 0 spiro atoms. The summed E-state index contributed by atoms with van der Waals surface area (Å²) in [6, 6.07) is 0. The molecule has 0 atom stereocenters. The second kappa shape index (κ2) is 5.37. The van der Waals surface area contributed by atoms with E-state index in [1.807, 2.05) is 0 Å². The molecule has 0 aliphatic heterocycles. The average Bonchev–Trinajstić information content (AvgIpc) is 2.25. The summed E-state index contributed by atoms with van der Waals surface area (Å²) in [6.07, 6.45) is -13.6. The Kier molecular flexibility index (Phi) is 5.03. The van der Waals surface area contributed by atoms with E-state index in [1.165, 1.54) is 0 Å². The van der Waals surface area contributed by atoms with E-state index >= 15 is 0 Å². The molecule has 1 nitrogen and oxygen atoms in total. The molecule has 0 heterocycles. The zero-order valence-electron chi connectivity index (χ0n) is 9.82. The fourth-order valence-electron chi connectivity index (χ4n) is 1.00. The van der Waals surface area contributed by atoms with Crippen LogP contribution in [0.15, 0.2) is 11.6 Å². The second-order valence-electron chi connectivity index (χ2n) is 3.57. The molecular weight excluding hydrogens is 359 g/mol. The van der Waals surface area contributed by atoms with Gasteiger partial charge >= 0.3 is 30.1 Å². The van der Waals surface area contributed by atoms with E-state index in [-0.39, 0.29) is 7.11 Å². The van der Waals surface area contributed by atoms with Crippen molar-refractivity contribution in [3.8, 4) is 0 Å². The lowest BCUT2D eigenvalue weighted by atomic mass is 10.0. The highest BCUT2D eigenvalue weighted by atomic mass is 19.4. The number of rotatable bonds is 4. The summed E-state index contributed by atoms with van der Waals surface area (Å²) in [5.74, 6) is -29.7. The molecule has 132 valence electrons. The molecule has 22 heavy (non-hydrogen) atoms. The van der Waals surface area contributed by atoms with Crippen molar-refractivity contribution in [1.29, 1.82) is 0 Å². The second-order valence-corrected chi connectivity index (χ2v) is 3.57. The van der Waals surface area contributed by atoms with Gasteiger partial charge in [-0.2, -0.15) is 57.1 Å². The van der Waals surface area contributed by atoms with Gasteiger partial charge in [-0.05, 0) is 0 Å². The fraction of sp³-hybridized carbons (Fsp3) is 0.750. The minimum Gasteiger partial charge on any atom is -0.492 e. The van der Waals surface area contributed by atoms with Crippen molar-refractivity contribution in [1.82, 2.24) is 0 Å². The Morgan fingerprint density at radius 1 is 0.682 bits per heavy atom. The van der Waals surface area contributed by atoms with E-state index in [4.69, 9.17) is 0 Å². The van der Waals surface area contributed by atoms with E-state index in [9.17, 15) is 57.1 Å². The van der Waals surface area contributed by atoms with Crippen LogP contribution in [0.5, 0.6) is 0 Å². The largest absolute Gasteiger partial charge is 0.492 e. The lowest BCUT2D eigenvalue weighted by molar-refractivity contribution is -0.393. The number of halogens is 13. The molecule has 0 N–H and O–H groups in total. The monoisotopic (exact) mass is 362 g/mol. The first kappa shape index (κ1) is 20.6. The summed E-state index contributed by atoms with van der Waals surface area (Å²) >= 11 is 0. The van der Waals surface area contributed by atoms with Crippen molar-refractivity contribution < 1.29 is 61.8 Å². The molecular formula is C8H3F13O. The lowest BCUT2D eigenvalue weighted by Gasteiger charge is -2.34. The van der Waals surface area contributed by atoms with Crippen molar-refractivity contribution in [2.45, 2.75) is 30.1 Å². The van der Waals surface area contributed by atoms with Crippen LogP contribution in [0, 0.1) is 0 Å². The van der Waals surface area contributed by atoms with Crippen LogP contribution in [0.1, 0.15) is 0 Å². The van der Waals surface area contributed by atoms with E-state index in [0.29, 0.717) is 0 Å². The van der Waals surface area contributed by atoms with Gasteiger partial charge in [0.05, 0.1) is 7.11 Å². The summed E-state index contributed by atoms with van der Waals surface area (Å²) < 4.78 is 163. The van der Waals surface area contributed by atoms with Gasteiger partial charge in [-0.25, -0.2) is 0 Å². The summed E-state index contributed by atoms with van der Waals surface area (Å²) in [6.45, 7) is 0. The first-order valence-electron chi connectivity index (χ1n) is 4.57. The summed E-state index contributed by atoms with van der Waals surface area (Å²) in [4.78, 5) is 0. The van der Waals surface area contributed by atoms with Crippen LogP contribution >= 0.6 is 0 Å². The van der Waals surface area contributed by atoms with Gasteiger partial charge in [-0.3, -0.25) is 0 Å². The molecule has 0 amide bonds. The summed E-state index contributed by atoms with van der Waals surface area (Å²) in [7, 11) is -0.254. The quantitative estimate of drug-likeness (QED) is 0.514. The Morgan fingerprint density at radius 3 is 1.27 bits per heavy atom. The Hall–Kier alpha value is -1.37. The fourth-order valence-corrected chi connectivity index (χ4v) is 1.00. The molecule has 0 rings (SSSR count). The van der Waals surface area contributed by atoms with Crippen LogP contribution < -0.4 is 0 Å². The maximum absolute atomic E-state index is 13.0. The molecule has 0 saturated heterocycles. The molecule has 0 aromatic heterocycles. The van der Waals surface area contributed by atoms with Crippen molar-refractivity contribution in [3.63, 3.8) is 0 Å². The highest BCUT2D eigenvalue weighted by Crippen LogP contribution is 2.56. The molecule has 0 aromatic carbocycles. The predicted molar refractivity (Wildman–Crippen MR) is 42.1 cm³/mol. The number of ether oxygens (including phenoxy) is 1. The van der Waals surface area contributed by atoms with Crippen molar-refractivity contribution in [2.75, 3.05) is 7.11 Å². The average molecular weight is 362 g/mol. The maximum atomic E-state index is 13.0. The first-order valence-corrected chi connectivity index (χ1v) is 4.57. The minimum atomic E-state index is -7.47. The van der Waals surface area contributed by atoms with Crippen molar-refractivity contribution in [3.05, 3.63) is 11.6 Å². The summed E-state index contributed by atoms with van der Waals surface area (Å²) in [5, 5.41) is 0. The third kappa shape index (κ3) is 3.04. The lowest BCUT2D eigenvalue weighted by Crippen LogP contribution is -2.61. The molecule has 14 heteroatoms. The van der Waals surface area contributed by atoms with Gasteiger partial charge in [-0.1, -0.05) is 0 Å². The number of hydrogen-bond acceptors (Lipinski definition) is 1. The van der Waals surface area contributed by atoms with Gasteiger partial charge in [0.1, 0.15) is 0 Å². The maximum Gasteiger partial charge on any atom is 0.460 e. The summed E-state index contributed by atoms with van der Waals surface area (Å²) in [5.41, 5.74) is 0. The van der Waals surface area contributed by atoms with Gasteiger partial charge in [0.25, 0.3) is 0 Å². The van der Waals surface area contributed by atoms with Gasteiger partial charge in [0.15, 0.2) is 0 Å². The molecule has 0 aliphatic carbocycles. The van der Waals surface area contributed by atoms with Crippen LogP contribution in [0.4, 0.5) is 57.1 Å². The van der Waals surface area contributed by atoms with Crippen LogP contribution in [-0.4, -0.2) is 37.2 Å². The minimum absolute atomic E-state index is 0.254. The Bertz CT molecular complexity index is 440. The smallest absolute Gasteiger partial charge is 0.460 e. The number of hydrogen-bond donors (Lipinski definition) is 0. The SMILES string of the molecule is CO/C(=C(\F)C(F)(F)F)C(F)(F)C(F)(F)C(F)(F)C(F)(F)F. The molecule has 0 radical (unpaired) electrons. The van der Waals surface area contributed by atoms with E-state index in [0.717, 1.165) is 0 Å². The van der Waals surface area contributed by atoms with Crippen LogP contribution in [-0.2, 0) is 4.74 Å². The Morgan fingerprint density at radius 2 is 1.05 bits per heavy atom. The molecule has 0 fully saturated rings. The van der Waals surface area contributed by atoms with Crippen molar-refractivity contribution >= 4 is 0 Å². The topological polar surface area (TPSA) is 9.23 Å². The van der Waals surface area contributed by atoms with Gasteiger partial charge in [0.2, 0.25) is 11.6 Å². The van der Waals surface area contributed by atoms with Gasteiger partial charge in [-0.15, -0.1) is 0 Å². The first-order chi connectivity index (χ1) is 9.35. The van der Waals surface area contributed by atoms with Crippen molar-refractivity contribution in [2.24, 2.45) is 0 Å². The highest BCUT2D eigenvalue weighted by Gasteiger charge is 2.83. The third-order valence-corrected chi connectivity index (χ3v) is 2.08. The predicted octanol–water partition coefficient (Wildman–Crippen LogP) is 4.84. The molecule has 0 aromatic rings. The number of alkyl halides is 12. The Labute approximate surface area is 112 Å². The standard InChI is InChI=1S/C8H3F13O/c1-22-3(2(9)5(12,13)14)4(10,11)6(15,16)7(17,18)8(19,20)21/h1H3/b3-2-. The number of allylic oxidation sites excluding steroid dienone is 2. The van der Waals surface area contributed by atoms with Gasteiger partial charge in [0, 0.05) is 0 Å². The Balaban J connectivity index is 6.33. The van der Waals surface area contributed by atoms with E-state index in [1.54, 1.807) is 0 Å². The van der Waals surface area contributed by atoms with Crippen LogP contribution in [0.3, 0.4) is 0 Å². The third-order valence-electron chi connectivity index (χ3n) is 2.08. The zero-order valence-corrected chi connectivity index (χ0v) is 9.82. The zero-order chi connectivity index (χ0) is 18.4. The molecule has 0 bridgehead atoms. The molecule has 0 saturated carbocycles. The van der Waals surface area contributed by atoms with Crippen LogP contribution in [0.25, 0.3) is 0 Å². The number of methoxy groups -OCH3 is 1. The van der Waals surface area contributed by atoms with E-state index < -0.39 is 41.7 Å². The highest BCUT2D eigenvalue weighted by molar-refractivity contribution is 5.21. The molecule has 0 unspecified atom stereocenters.